The summed E-state index contributed by atoms with van der Waals surface area (Å²) in [5, 5.41) is 4.14. The third-order valence-corrected chi connectivity index (χ3v) is 7.74. The van der Waals surface area contributed by atoms with E-state index >= 15 is 0 Å². The highest BCUT2D eigenvalue weighted by atomic mass is 32.2. The van der Waals surface area contributed by atoms with Crippen molar-refractivity contribution in [1.29, 1.82) is 0 Å². The lowest BCUT2D eigenvalue weighted by molar-refractivity contribution is 0.560. The first-order valence-corrected chi connectivity index (χ1v) is 10.9. The van der Waals surface area contributed by atoms with Crippen molar-refractivity contribution in [2.45, 2.75) is 30.4 Å². The molecule has 5 nitrogen and oxygen atoms in total. The number of nitrogens with one attached hydrogen (secondary N) is 1. The molecule has 4 aromatic rings. The first-order chi connectivity index (χ1) is 12.8. The van der Waals surface area contributed by atoms with Gasteiger partial charge in [-0.25, -0.2) is 13.4 Å². The molecular weight excluding hydrogens is 378 g/mol. The van der Waals surface area contributed by atoms with Gasteiger partial charge in [0.1, 0.15) is 0 Å². The van der Waals surface area contributed by atoms with Crippen LogP contribution < -0.4 is 5.32 Å². The molecule has 0 atom stereocenters. The molecule has 0 amide bonds. The van der Waals surface area contributed by atoms with E-state index in [9.17, 15) is 8.42 Å². The third-order valence-electron chi connectivity index (χ3n) is 4.44. The zero-order valence-corrected chi connectivity index (χ0v) is 16.9. The Labute approximate surface area is 162 Å². The molecule has 2 aromatic heterocycles. The predicted molar refractivity (Wildman–Crippen MR) is 112 cm³/mol. The Hall–Kier alpha value is -2.51. The quantitative estimate of drug-likeness (QED) is 0.517. The maximum absolute atomic E-state index is 12.8. The number of hydrogen-bond donors (Lipinski definition) is 1. The SMILES string of the molecule is CC(C)(C)S(=O)(=O)c1ccc2nccc(Nc3ccc4scnc4c3)c2c1. The summed E-state index contributed by atoms with van der Waals surface area (Å²) in [6.07, 6.45) is 1.71. The van der Waals surface area contributed by atoms with Crippen molar-refractivity contribution < 1.29 is 8.42 Å². The molecule has 0 fully saturated rings. The number of hydrogen-bond acceptors (Lipinski definition) is 6. The number of sulfone groups is 1. The molecule has 2 heterocycles. The van der Waals surface area contributed by atoms with Crippen LogP contribution in [0.15, 0.2) is 59.1 Å². The van der Waals surface area contributed by atoms with Crippen molar-refractivity contribution in [2.24, 2.45) is 0 Å². The van der Waals surface area contributed by atoms with E-state index in [1.807, 2.05) is 29.8 Å². The largest absolute Gasteiger partial charge is 0.355 e. The van der Waals surface area contributed by atoms with Crippen LogP contribution in [0.25, 0.3) is 21.1 Å². The van der Waals surface area contributed by atoms with Crippen LogP contribution in [0.5, 0.6) is 0 Å². The summed E-state index contributed by atoms with van der Waals surface area (Å²) >= 11 is 1.60. The van der Waals surface area contributed by atoms with Crippen LogP contribution in [0.3, 0.4) is 0 Å². The molecule has 0 spiro atoms. The number of rotatable bonds is 3. The van der Waals surface area contributed by atoms with Gasteiger partial charge in [-0.15, -0.1) is 11.3 Å². The van der Waals surface area contributed by atoms with Gasteiger partial charge in [-0.2, -0.15) is 0 Å². The smallest absolute Gasteiger partial charge is 0.183 e. The van der Waals surface area contributed by atoms with E-state index in [2.05, 4.69) is 15.3 Å². The van der Waals surface area contributed by atoms with Crippen molar-refractivity contribution in [3.8, 4) is 0 Å². The van der Waals surface area contributed by atoms with E-state index < -0.39 is 14.6 Å². The Balaban J connectivity index is 1.82. The van der Waals surface area contributed by atoms with Gasteiger partial charge in [-0.1, -0.05) is 0 Å². The summed E-state index contributed by atoms with van der Waals surface area (Å²) in [6.45, 7) is 5.12. The number of nitrogens with zero attached hydrogens (tertiary/aromatic N) is 2. The minimum atomic E-state index is -3.44. The fourth-order valence-corrected chi connectivity index (χ4v) is 4.73. The molecule has 0 aliphatic carbocycles. The maximum Gasteiger partial charge on any atom is 0.183 e. The van der Waals surface area contributed by atoms with Gasteiger partial charge in [0, 0.05) is 23.0 Å². The zero-order valence-electron chi connectivity index (χ0n) is 15.2. The normalized spacial score (nSPS) is 12.6. The lowest BCUT2D eigenvalue weighted by Gasteiger charge is -2.20. The van der Waals surface area contributed by atoms with Crippen molar-refractivity contribution in [2.75, 3.05) is 5.32 Å². The van der Waals surface area contributed by atoms with E-state index in [0.717, 1.165) is 32.5 Å². The van der Waals surface area contributed by atoms with Crippen LogP contribution in [0.2, 0.25) is 0 Å². The minimum absolute atomic E-state index is 0.300. The first kappa shape index (κ1) is 17.9. The van der Waals surface area contributed by atoms with Crippen LogP contribution >= 0.6 is 11.3 Å². The summed E-state index contributed by atoms with van der Waals surface area (Å²) in [5.74, 6) is 0. The predicted octanol–water partition coefficient (Wildman–Crippen LogP) is 5.16. The summed E-state index contributed by atoms with van der Waals surface area (Å²) in [5.41, 5.74) is 5.19. The van der Waals surface area contributed by atoms with Gasteiger partial charge >= 0.3 is 0 Å². The van der Waals surface area contributed by atoms with Gasteiger partial charge in [0.15, 0.2) is 9.84 Å². The van der Waals surface area contributed by atoms with E-state index in [1.54, 1.807) is 56.5 Å². The fraction of sp³-hybridized carbons (Fsp3) is 0.200. The molecule has 0 unspecified atom stereocenters. The number of fused-ring (bicyclic) bond motifs is 2. The molecule has 0 aliphatic heterocycles. The van der Waals surface area contributed by atoms with E-state index in [0.29, 0.717) is 4.90 Å². The molecule has 0 radical (unpaired) electrons. The maximum atomic E-state index is 12.8. The molecule has 0 saturated heterocycles. The summed E-state index contributed by atoms with van der Waals surface area (Å²) in [6, 6.07) is 12.9. The third kappa shape index (κ3) is 3.17. The molecule has 2 aromatic carbocycles. The molecule has 7 heteroatoms. The van der Waals surface area contributed by atoms with Crippen LogP contribution in [-0.2, 0) is 9.84 Å². The molecule has 0 bridgehead atoms. The number of pyridine rings is 1. The molecule has 27 heavy (non-hydrogen) atoms. The minimum Gasteiger partial charge on any atom is -0.355 e. The topological polar surface area (TPSA) is 72.0 Å². The van der Waals surface area contributed by atoms with E-state index in [1.165, 1.54) is 0 Å². The molecule has 0 saturated carbocycles. The van der Waals surface area contributed by atoms with Crippen LogP contribution in [0.4, 0.5) is 11.4 Å². The monoisotopic (exact) mass is 397 g/mol. The number of anilines is 2. The molecular formula is C20H19N3O2S2. The molecule has 4 rings (SSSR count). The molecule has 138 valence electrons. The Bertz CT molecular complexity index is 1260. The second-order valence-corrected chi connectivity index (χ2v) is 10.9. The van der Waals surface area contributed by atoms with Crippen molar-refractivity contribution in [3.63, 3.8) is 0 Å². The van der Waals surface area contributed by atoms with Crippen LogP contribution in [0.1, 0.15) is 20.8 Å². The van der Waals surface area contributed by atoms with Crippen molar-refractivity contribution >= 4 is 53.7 Å². The van der Waals surface area contributed by atoms with Crippen LogP contribution in [0, 0.1) is 0 Å². The zero-order chi connectivity index (χ0) is 19.2. The van der Waals surface area contributed by atoms with Crippen molar-refractivity contribution in [1.82, 2.24) is 9.97 Å². The summed E-state index contributed by atoms with van der Waals surface area (Å²) in [4.78, 5) is 9.01. The lowest BCUT2D eigenvalue weighted by Crippen LogP contribution is -2.27. The average Bonchev–Trinajstić information content (AvgIpc) is 3.08. The molecule has 0 aliphatic rings. The lowest BCUT2D eigenvalue weighted by atomic mass is 10.2. The molecule has 1 N–H and O–H groups in total. The van der Waals surface area contributed by atoms with Gasteiger partial charge < -0.3 is 5.32 Å². The van der Waals surface area contributed by atoms with Gasteiger partial charge in [0.05, 0.1) is 30.9 Å². The second kappa shape index (κ2) is 6.28. The Morgan fingerprint density at radius 1 is 0.963 bits per heavy atom. The summed E-state index contributed by atoms with van der Waals surface area (Å²) < 4.78 is 25.9. The van der Waals surface area contributed by atoms with Gasteiger partial charge in [-0.3, -0.25) is 4.98 Å². The Kier molecular flexibility index (Phi) is 4.16. The number of thiazole rings is 1. The van der Waals surface area contributed by atoms with E-state index in [4.69, 9.17) is 0 Å². The standard InChI is InChI=1S/C20H19N3O2S2/c1-20(2,3)27(24,25)14-5-6-16-15(11-14)17(8-9-21-16)23-13-4-7-19-18(10-13)22-12-26-19/h4-12H,1-3H3,(H,21,23). The first-order valence-electron chi connectivity index (χ1n) is 8.49. The van der Waals surface area contributed by atoms with Crippen molar-refractivity contribution in [3.05, 3.63) is 54.2 Å². The number of aromatic nitrogens is 2. The summed E-state index contributed by atoms with van der Waals surface area (Å²) in [7, 11) is -3.44. The van der Waals surface area contributed by atoms with E-state index in [-0.39, 0.29) is 0 Å². The van der Waals surface area contributed by atoms with Crippen LogP contribution in [-0.4, -0.2) is 23.1 Å². The Morgan fingerprint density at radius 3 is 2.56 bits per heavy atom. The van der Waals surface area contributed by atoms with Gasteiger partial charge in [0.2, 0.25) is 0 Å². The van der Waals surface area contributed by atoms with Gasteiger partial charge in [-0.05, 0) is 63.2 Å². The Morgan fingerprint density at radius 2 is 1.78 bits per heavy atom. The second-order valence-electron chi connectivity index (χ2n) is 7.31. The number of benzene rings is 2. The highest BCUT2D eigenvalue weighted by Gasteiger charge is 2.31. The highest BCUT2D eigenvalue weighted by molar-refractivity contribution is 7.92. The van der Waals surface area contributed by atoms with Gasteiger partial charge in [0.25, 0.3) is 0 Å². The fourth-order valence-electron chi connectivity index (χ4n) is 2.85. The average molecular weight is 398 g/mol. The highest BCUT2D eigenvalue weighted by Crippen LogP contribution is 2.32.